The van der Waals surface area contributed by atoms with Crippen LogP contribution in [0.2, 0.25) is 0 Å². The molecule has 0 radical (unpaired) electrons. The van der Waals surface area contributed by atoms with Gasteiger partial charge in [-0.05, 0) is 54.3 Å². The van der Waals surface area contributed by atoms with E-state index in [1.54, 1.807) is 18.2 Å². The van der Waals surface area contributed by atoms with E-state index in [0.29, 0.717) is 5.75 Å². The Morgan fingerprint density at radius 1 is 1.24 bits per heavy atom. The second kappa shape index (κ2) is 8.02. The van der Waals surface area contributed by atoms with Gasteiger partial charge in [-0.2, -0.15) is 13.2 Å². The first kappa shape index (κ1) is 21.1. The third kappa shape index (κ3) is 4.70. The number of aromatic amines is 1. The van der Waals surface area contributed by atoms with Gasteiger partial charge < -0.3 is 14.8 Å². The van der Waals surface area contributed by atoms with E-state index >= 15 is 0 Å². The first-order chi connectivity index (χ1) is 13.6. The van der Waals surface area contributed by atoms with Gasteiger partial charge in [-0.15, -0.1) is 11.8 Å². The topological polar surface area (TPSA) is 62.3 Å². The van der Waals surface area contributed by atoms with Gasteiger partial charge >= 0.3 is 12.1 Å². The second-order valence-corrected chi connectivity index (χ2v) is 8.05. The van der Waals surface area contributed by atoms with E-state index in [4.69, 9.17) is 9.84 Å². The minimum atomic E-state index is -4.64. The molecule has 154 valence electrons. The number of aromatic nitrogens is 1. The zero-order valence-electron chi connectivity index (χ0n) is 16.1. The summed E-state index contributed by atoms with van der Waals surface area (Å²) < 4.78 is 46.7. The van der Waals surface area contributed by atoms with Crippen LogP contribution in [0.15, 0.2) is 41.4 Å². The Morgan fingerprint density at radius 2 is 1.97 bits per heavy atom. The molecule has 0 saturated carbocycles. The highest BCUT2D eigenvalue weighted by Crippen LogP contribution is 2.43. The van der Waals surface area contributed by atoms with Crippen molar-refractivity contribution in [1.82, 2.24) is 4.98 Å². The molecule has 1 aromatic heterocycles. The van der Waals surface area contributed by atoms with Crippen LogP contribution in [0.5, 0.6) is 11.5 Å². The third-order valence-electron chi connectivity index (χ3n) is 4.44. The summed E-state index contributed by atoms with van der Waals surface area (Å²) in [6.45, 7) is 5.59. The van der Waals surface area contributed by atoms with E-state index < -0.39 is 17.7 Å². The van der Waals surface area contributed by atoms with Crippen molar-refractivity contribution in [3.8, 4) is 11.5 Å². The molecule has 2 N–H and O–H groups in total. The summed E-state index contributed by atoms with van der Waals surface area (Å²) in [7, 11) is 0. The Hall–Kier alpha value is -2.61. The third-order valence-corrected chi connectivity index (χ3v) is 5.40. The van der Waals surface area contributed by atoms with Crippen LogP contribution in [0.25, 0.3) is 10.9 Å². The number of carboxylic acid groups (broad SMARTS) is 1. The molecule has 0 aliphatic carbocycles. The number of fused-ring (bicyclic) bond motifs is 1. The fraction of sp³-hybridized carbons (Fsp3) is 0.286. The summed E-state index contributed by atoms with van der Waals surface area (Å²) in [5.74, 6) is -1.14. The molecule has 29 heavy (non-hydrogen) atoms. The lowest BCUT2D eigenvalue weighted by molar-refractivity contribution is -0.138. The van der Waals surface area contributed by atoms with Gasteiger partial charge in [0.05, 0.1) is 11.3 Å². The van der Waals surface area contributed by atoms with Gasteiger partial charge in [-0.1, -0.05) is 13.8 Å². The molecule has 0 spiro atoms. The highest BCUT2D eigenvalue weighted by Gasteiger charge is 2.36. The van der Waals surface area contributed by atoms with Crippen molar-refractivity contribution in [3.63, 3.8) is 0 Å². The Kier molecular flexibility index (Phi) is 5.84. The molecule has 0 atom stereocenters. The molecule has 1 heterocycles. The number of H-pyrrole nitrogens is 1. The lowest BCUT2D eigenvalue weighted by Gasteiger charge is -2.18. The summed E-state index contributed by atoms with van der Waals surface area (Å²) in [5, 5.41) is 9.68. The van der Waals surface area contributed by atoms with Crippen LogP contribution in [0.4, 0.5) is 13.2 Å². The summed E-state index contributed by atoms with van der Waals surface area (Å²) in [4.78, 5) is 14.1. The second-order valence-electron chi connectivity index (χ2n) is 7.01. The standard InChI is InChI=1S/C21H20F3NO3S/c1-11(2)16-9-25-18-5-4-13(7-15(16)18)28-20-12(3)6-14(29-10-19(26)27)8-17(20)21(22,23)24/h4-9,11,25H,10H2,1-3H3,(H,26,27). The Morgan fingerprint density at radius 3 is 2.59 bits per heavy atom. The van der Waals surface area contributed by atoms with Crippen LogP contribution < -0.4 is 4.74 Å². The fourth-order valence-corrected chi connectivity index (χ4v) is 3.85. The smallest absolute Gasteiger partial charge is 0.420 e. The minimum absolute atomic E-state index is 0.229. The molecule has 2 aromatic carbocycles. The number of halogens is 3. The zero-order chi connectivity index (χ0) is 21.3. The van der Waals surface area contributed by atoms with Crippen LogP contribution in [0, 0.1) is 6.92 Å². The molecular weight excluding hydrogens is 403 g/mol. The predicted octanol–water partition coefficient (Wildman–Crippen LogP) is 6.59. The molecule has 0 unspecified atom stereocenters. The van der Waals surface area contributed by atoms with E-state index in [1.807, 2.05) is 20.0 Å². The number of ether oxygens (including phenoxy) is 1. The minimum Gasteiger partial charge on any atom is -0.481 e. The molecule has 3 aromatic rings. The predicted molar refractivity (Wildman–Crippen MR) is 107 cm³/mol. The number of aliphatic carboxylic acids is 1. The van der Waals surface area contributed by atoms with Crippen LogP contribution in [0.3, 0.4) is 0 Å². The van der Waals surface area contributed by atoms with E-state index in [9.17, 15) is 18.0 Å². The van der Waals surface area contributed by atoms with Crippen molar-refractivity contribution >= 4 is 28.6 Å². The van der Waals surface area contributed by atoms with Gasteiger partial charge in [0.15, 0.2) is 0 Å². The van der Waals surface area contributed by atoms with E-state index in [2.05, 4.69) is 4.98 Å². The van der Waals surface area contributed by atoms with Crippen molar-refractivity contribution in [2.75, 3.05) is 5.75 Å². The Balaban J connectivity index is 2.02. The number of nitrogens with one attached hydrogen (secondary N) is 1. The summed E-state index contributed by atoms with van der Waals surface area (Å²) >= 11 is 0.837. The average molecular weight is 423 g/mol. The number of hydrogen-bond acceptors (Lipinski definition) is 3. The summed E-state index contributed by atoms with van der Waals surface area (Å²) in [5.41, 5.74) is 1.29. The number of hydrogen-bond donors (Lipinski definition) is 2. The van der Waals surface area contributed by atoms with Crippen LogP contribution in [-0.4, -0.2) is 21.8 Å². The first-order valence-corrected chi connectivity index (χ1v) is 9.90. The van der Waals surface area contributed by atoms with Crippen molar-refractivity contribution in [2.45, 2.75) is 37.8 Å². The van der Waals surface area contributed by atoms with Crippen LogP contribution >= 0.6 is 11.8 Å². The Bertz CT molecular complexity index is 1060. The highest BCUT2D eigenvalue weighted by molar-refractivity contribution is 8.00. The van der Waals surface area contributed by atoms with Crippen molar-refractivity contribution in [2.24, 2.45) is 0 Å². The maximum Gasteiger partial charge on any atom is 0.420 e. The number of rotatable bonds is 6. The summed E-state index contributed by atoms with van der Waals surface area (Å²) in [6.07, 6.45) is -2.75. The molecule has 0 aliphatic rings. The van der Waals surface area contributed by atoms with Crippen molar-refractivity contribution in [1.29, 1.82) is 0 Å². The van der Waals surface area contributed by atoms with Crippen LogP contribution in [-0.2, 0) is 11.0 Å². The Labute approximate surface area is 170 Å². The fourth-order valence-electron chi connectivity index (χ4n) is 3.10. The van der Waals surface area contributed by atoms with E-state index in [0.717, 1.165) is 34.3 Å². The number of alkyl halides is 3. The largest absolute Gasteiger partial charge is 0.481 e. The highest BCUT2D eigenvalue weighted by atomic mass is 32.2. The van der Waals surface area contributed by atoms with Gasteiger partial charge in [-0.25, -0.2) is 0 Å². The molecule has 3 rings (SSSR count). The molecular formula is C21H20F3NO3S. The van der Waals surface area contributed by atoms with E-state index in [1.165, 1.54) is 13.0 Å². The van der Waals surface area contributed by atoms with Gasteiger partial charge in [0.1, 0.15) is 11.5 Å². The normalized spacial score (nSPS) is 12.0. The number of carbonyl (C=O) groups is 1. The lowest BCUT2D eigenvalue weighted by atomic mass is 10.0. The maximum atomic E-state index is 13.7. The van der Waals surface area contributed by atoms with Gasteiger partial charge in [-0.3, -0.25) is 4.79 Å². The first-order valence-electron chi connectivity index (χ1n) is 8.91. The molecule has 8 heteroatoms. The number of aryl methyl sites for hydroxylation is 1. The maximum absolute atomic E-state index is 13.7. The molecule has 0 bridgehead atoms. The molecule has 4 nitrogen and oxygen atoms in total. The van der Waals surface area contributed by atoms with Crippen molar-refractivity contribution in [3.05, 3.63) is 53.2 Å². The molecule has 0 aliphatic heterocycles. The monoisotopic (exact) mass is 423 g/mol. The molecule has 0 saturated heterocycles. The lowest BCUT2D eigenvalue weighted by Crippen LogP contribution is -2.09. The number of benzene rings is 2. The quantitative estimate of drug-likeness (QED) is 0.439. The van der Waals surface area contributed by atoms with Crippen LogP contribution in [0.1, 0.15) is 36.5 Å². The van der Waals surface area contributed by atoms with Gasteiger partial charge in [0.2, 0.25) is 0 Å². The van der Waals surface area contributed by atoms with Gasteiger partial charge in [0.25, 0.3) is 0 Å². The number of thioether (sulfide) groups is 1. The van der Waals surface area contributed by atoms with E-state index in [-0.39, 0.29) is 27.9 Å². The molecule has 0 amide bonds. The SMILES string of the molecule is Cc1cc(SCC(=O)O)cc(C(F)(F)F)c1Oc1ccc2[nH]cc(C(C)C)c2c1. The summed E-state index contributed by atoms with van der Waals surface area (Å²) in [6, 6.07) is 7.57. The number of carboxylic acids is 1. The molecule has 0 fully saturated rings. The average Bonchev–Trinajstić information content (AvgIpc) is 3.04. The zero-order valence-corrected chi connectivity index (χ0v) is 16.9. The van der Waals surface area contributed by atoms with Gasteiger partial charge in [0, 0.05) is 22.0 Å². The van der Waals surface area contributed by atoms with Crippen molar-refractivity contribution < 1.29 is 27.8 Å².